The number of anilines is 1. The van der Waals surface area contributed by atoms with Gasteiger partial charge in [0.1, 0.15) is 9.84 Å². The summed E-state index contributed by atoms with van der Waals surface area (Å²) in [5, 5.41) is 5.47. The summed E-state index contributed by atoms with van der Waals surface area (Å²) < 4.78 is 22.2. The average Bonchev–Trinajstić information content (AvgIpc) is 2.44. The third kappa shape index (κ3) is 7.27. The van der Waals surface area contributed by atoms with Crippen LogP contribution in [0.15, 0.2) is 18.2 Å². The molecule has 128 valence electrons. The van der Waals surface area contributed by atoms with Crippen LogP contribution in [0.5, 0.6) is 0 Å². The second-order valence-corrected chi connectivity index (χ2v) is 8.32. The van der Waals surface area contributed by atoms with Gasteiger partial charge < -0.3 is 10.6 Å². The molecule has 0 radical (unpaired) electrons. The third-order valence-corrected chi connectivity index (χ3v) is 4.09. The standard InChI is InChI=1S/C16H24N2O4S/c1-11(2)10-17-16(20)13-6-5-12(3)14(9-13)18-15(19)7-8-23(4,21)22/h5-6,9,11H,7-8,10H2,1-4H3,(H,17,20)(H,18,19). The van der Waals surface area contributed by atoms with Crippen LogP contribution in [0.1, 0.15) is 36.2 Å². The lowest BCUT2D eigenvalue weighted by Crippen LogP contribution is -2.27. The predicted molar refractivity (Wildman–Crippen MR) is 91.3 cm³/mol. The molecule has 0 bridgehead atoms. The lowest BCUT2D eigenvalue weighted by atomic mass is 10.1. The maximum absolute atomic E-state index is 12.1. The molecule has 1 aromatic carbocycles. The summed E-state index contributed by atoms with van der Waals surface area (Å²) >= 11 is 0. The van der Waals surface area contributed by atoms with Crippen molar-refractivity contribution in [3.05, 3.63) is 29.3 Å². The van der Waals surface area contributed by atoms with Gasteiger partial charge in [-0.2, -0.15) is 0 Å². The molecule has 0 aliphatic carbocycles. The molecule has 1 aromatic rings. The van der Waals surface area contributed by atoms with Gasteiger partial charge in [0, 0.05) is 30.5 Å². The first-order valence-corrected chi connectivity index (χ1v) is 9.51. The Morgan fingerprint density at radius 3 is 2.43 bits per heavy atom. The average molecular weight is 340 g/mol. The van der Waals surface area contributed by atoms with E-state index in [-0.39, 0.29) is 18.1 Å². The first kappa shape index (κ1) is 19.2. The van der Waals surface area contributed by atoms with Gasteiger partial charge in [0.2, 0.25) is 5.91 Å². The molecule has 0 spiro atoms. The molecule has 2 N–H and O–H groups in total. The van der Waals surface area contributed by atoms with Crippen molar-refractivity contribution in [3.63, 3.8) is 0 Å². The fourth-order valence-corrected chi connectivity index (χ4v) is 2.34. The molecule has 6 nitrogen and oxygen atoms in total. The van der Waals surface area contributed by atoms with Gasteiger partial charge in [-0.25, -0.2) is 8.42 Å². The fraction of sp³-hybridized carbons (Fsp3) is 0.500. The molecule has 7 heteroatoms. The molecule has 0 unspecified atom stereocenters. The Balaban J connectivity index is 2.77. The number of amides is 2. The Morgan fingerprint density at radius 1 is 1.22 bits per heavy atom. The lowest BCUT2D eigenvalue weighted by Gasteiger charge is -2.12. The Bertz CT molecular complexity index is 681. The summed E-state index contributed by atoms with van der Waals surface area (Å²) in [7, 11) is -3.18. The molecule has 2 amide bonds. The van der Waals surface area contributed by atoms with Gasteiger partial charge in [0.25, 0.3) is 5.91 Å². The molecule has 1 rings (SSSR count). The van der Waals surface area contributed by atoms with Crippen molar-refractivity contribution in [1.29, 1.82) is 0 Å². The predicted octanol–water partition coefficient (Wildman–Crippen LogP) is 1.75. The van der Waals surface area contributed by atoms with E-state index in [1.165, 1.54) is 0 Å². The number of aryl methyl sites for hydroxylation is 1. The largest absolute Gasteiger partial charge is 0.352 e. The van der Waals surface area contributed by atoms with Crippen molar-refractivity contribution < 1.29 is 18.0 Å². The van der Waals surface area contributed by atoms with Gasteiger partial charge in [0.15, 0.2) is 0 Å². The second kappa shape index (κ2) is 8.10. The van der Waals surface area contributed by atoms with E-state index in [0.29, 0.717) is 23.7 Å². The minimum absolute atomic E-state index is 0.109. The van der Waals surface area contributed by atoms with E-state index in [0.717, 1.165) is 11.8 Å². The Kier molecular flexibility index (Phi) is 6.75. The van der Waals surface area contributed by atoms with E-state index in [9.17, 15) is 18.0 Å². The monoisotopic (exact) mass is 340 g/mol. The van der Waals surface area contributed by atoms with Gasteiger partial charge >= 0.3 is 0 Å². The summed E-state index contributed by atoms with van der Waals surface area (Å²) in [5.74, 6) is -0.449. The second-order valence-electron chi connectivity index (χ2n) is 6.06. The number of hydrogen-bond acceptors (Lipinski definition) is 4. The van der Waals surface area contributed by atoms with E-state index in [1.807, 2.05) is 20.8 Å². The van der Waals surface area contributed by atoms with Crippen molar-refractivity contribution in [2.45, 2.75) is 27.2 Å². The van der Waals surface area contributed by atoms with Gasteiger partial charge in [-0.05, 0) is 30.5 Å². The van der Waals surface area contributed by atoms with Crippen molar-refractivity contribution in [2.24, 2.45) is 5.92 Å². The first-order chi connectivity index (χ1) is 10.6. The number of hydrogen-bond donors (Lipinski definition) is 2. The van der Waals surface area contributed by atoms with E-state index in [1.54, 1.807) is 18.2 Å². The van der Waals surface area contributed by atoms with E-state index >= 15 is 0 Å². The van der Waals surface area contributed by atoms with Crippen LogP contribution in [0.2, 0.25) is 0 Å². The highest BCUT2D eigenvalue weighted by Gasteiger charge is 2.12. The topological polar surface area (TPSA) is 92.3 Å². The molecule has 0 heterocycles. The van der Waals surface area contributed by atoms with Crippen LogP contribution in [0.4, 0.5) is 5.69 Å². The maximum atomic E-state index is 12.1. The van der Waals surface area contributed by atoms with Crippen LogP contribution in [-0.2, 0) is 14.6 Å². The summed E-state index contributed by atoms with van der Waals surface area (Å²) in [6.07, 6.45) is 0.979. The van der Waals surface area contributed by atoms with E-state index in [2.05, 4.69) is 10.6 Å². The minimum Gasteiger partial charge on any atom is -0.352 e. The quantitative estimate of drug-likeness (QED) is 0.791. The van der Waals surface area contributed by atoms with E-state index in [4.69, 9.17) is 0 Å². The highest BCUT2D eigenvalue weighted by atomic mass is 32.2. The fourth-order valence-electron chi connectivity index (χ4n) is 1.79. The van der Waals surface area contributed by atoms with Crippen LogP contribution in [0.25, 0.3) is 0 Å². The van der Waals surface area contributed by atoms with Gasteiger partial charge in [0.05, 0.1) is 5.75 Å². The summed E-state index contributed by atoms with van der Waals surface area (Å²) in [5.41, 5.74) is 1.77. The third-order valence-electron chi connectivity index (χ3n) is 3.14. The summed E-state index contributed by atoms with van der Waals surface area (Å²) in [4.78, 5) is 23.9. The molecule has 0 aliphatic heterocycles. The zero-order valence-corrected chi connectivity index (χ0v) is 14.8. The van der Waals surface area contributed by atoms with E-state index < -0.39 is 15.7 Å². The van der Waals surface area contributed by atoms with Crippen LogP contribution in [-0.4, -0.2) is 38.8 Å². The smallest absolute Gasteiger partial charge is 0.251 e. The summed E-state index contributed by atoms with van der Waals surface area (Å²) in [6, 6.07) is 5.04. The van der Waals surface area contributed by atoms with Crippen LogP contribution in [0.3, 0.4) is 0 Å². The Hall–Kier alpha value is -1.89. The highest BCUT2D eigenvalue weighted by molar-refractivity contribution is 7.90. The molecule has 0 fully saturated rings. The van der Waals surface area contributed by atoms with Gasteiger partial charge in [-0.1, -0.05) is 19.9 Å². The molecule has 0 saturated carbocycles. The number of carbonyl (C=O) groups excluding carboxylic acids is 2. The lowest BCUT2D eigenvalue weighted by molar-refractivity contribution is -0.115. The molecule has 0 aliphatic rings. The molecular weight excluding hydrogens is 316 g/mol. The Labute approximate surface area is 137 Å². The number of nitrogens with one attached hydrogen (secondary N) is 2. The van der Waals surface area contributed by atoms with Gasteiger partial charge in [-0.15, -0.1) is 0 Å². The van der Waals surface area contributed by atoms with Crippen molar-refractivity contribution in [1.82, 2.24) is 5.32 Å². The van der Waals surface area contributed by atoms with Crippen molar-refractivity contribution in [2.75, 3.05) is 23.9 Å². The molecule has 0 saturated heterocycles. The maximum Gasteiger partial charge on any atom is 0.251 e. The van der Waals surface area contributed by atoms with Crippen molar-refractivity contribution in [3.8, 4) is 0 Å². The van der Waals surface area contributed by atoms with Gasteiger partial charge in [-0.3, -0.25) is 9.59 Å². The minimum atomic E-state index is -3.18. The zero-order chi connectivity index (χ0) is 17.6. The number of benzene rings is 1. The van der Waals surface area contributed by atoms with Crippen LogP contribution < -0.4 is 10.6 Å². The zero-order valence-electron chi connectivity index (χ0n) is 14.0. The number of sulfone groups is 1. The van der Waals surface area contributed by atoms with Crippen molar-refractivity contribution >= 4 is 27.3 Å². The normalized spacial score (nSPS) is 11.3. The van der Waals surface area contributed by atoms with Crippen LogP contribution in [0, 0.1) is 12.8 Å². The summed E-state index contributed by atoms with van der Waals surface area (Å²) in [6.45, 7) is 6.39. The molecule has 0 aromatic heterocycles. The molecular formula is C16H24N2O4S. The Morgan fingerprint density at radius 2 is 1.87 bits per heavy atom. The van der Waals surface area contributed by atoms with Crippen LogP contribution >= 0.6 is 0 Å². The number of rotatable bonds is 7. The SMILES string of the molecule is Cc1ccc(C(=O)NCC(C)C)cc1NC(=O)CCS(C)(=O)=O. The first-order valence-electron chi connectivity index (χ1n) is 7.45. The molecule has 23 heavy (non-hydrogen) atoms. The molecule has 0 atom stereocenters. The highest BCUT2D eigenvalue weighted by Crippen LogP contribution is 2.17. The number of carbonyl (C=O) groups is 2.